The number of ether oxygens (including phenoxy) is 1. The van der Waals surface area contributed by atoms with E-state index in [-0.39, 0.29) is 11.9 Å². The Morgan fingerprint density at radius 3 is 2.62 bits per heavy atom. The van der Waals surface area contributed by atoms with Crippen molar-refractivity contribution < 1.29 is 18.7 Å². The van der Waals surface area contributed by atoms with Gasteiger partial charge in [-0.25, -0.2) is 4.79 Å². The minimum absolute atomic E-state index is 0.143. The minimum Gasteiger partial charge on any atom is -0.449 e. The molecule has 0 radical (unpaired) electrons. The zero-order chi connectivity index (χ0) is 18.9. The zero-order valence-electron chi connectivity index (χ0n) is 15.4. The van der Waals surface area contributed by atoms with Crippen molar-refractivity contribution >= 4 is 23.0 Å². The van der Waals surface area contributed by atoms with Crippen molar-refractivity contribution in [3.63, 3.8) is 0 Å². The number of nitrogens with two attached hydrogens (primary N) is 1. The molecule has 140 valence electrons. The van der Waals surface area contributed by atoms with Crippen LogP contribution in [0.25, 0.3) is 11.0 Å². The Morgan fingerprint density at radius 1 is 1.31 bits per heavy atom. The second-order valence-corrected chi connectivity index (χ2v) is 7.80. The van der Waals surface area contributed by atoms with Gasteiger partial charge in [-0.3, -0.25) is 9.78 Å². The van der Waals surface area contributed by atoms with E-state index in [9.17, 15) is 9.59 Å². The Hall–Kier alpha value is -2.57. The van der Waals surface area contributed by atoms with Crippen LogP contribution in [-0.4, -0.2) is 40.6 Å². The van der Waals surface area contributed by atoms with E-state index in [1.54, 1.807) is 17.2 Å². The van der Waals surface area contributed by atoms with Crippen LogP contribution in [0.4, 0.5) is 4.79 Å². The van der Waals surface area contributed by atoms with Crippen LogP contribution in [0.1, 0.15) is 49.9 Å². The Labute approximate surface area is 152 Å². The number of nitrogens with zero attached hydrogens (tertiary/aromatic N) is 2. The predicted octanol–water partition coefficient (Wildman–Crippen LogP) is 3.12. The molecule has 1 aliphatic rings. The van der Waals surface area contributed by atoms with Crippen LogP contribution in [0.3, 0.4) is 0 Å². The average Bonchev–Trinajstić information content (AvgIpc) is 2.97. The first-order valence-corrected chi connectivity index (χ1v) is 8.87. The fourth-order valence-corrected chi connectivity index (χ4v) is 3.17. The molecule has 7 nitrogen and oxygen atoms in total. The van der Waals surface area contributed by atoms with Crippen LogP contribution in [0.15, 0.2) is 22.7 Å². The van der Waals surface area contributed by atoms with E-state index in [0.29, 0.717) is 24.6 Å². The molecule has 0 saturated carbocycles. The SMILES string of the molecule is CC(C)(C)OC(=O)N1CCC(Cc2cc3cc(C(N)=O)oc3cn2)CC1. The molecule has 0 aliphatic carbocycles. The number of carbonyl (C=O) groups excluding carboxylic acids is 2. The Bertz CT molecular complexity index is 814. The molecule has 1 fully saturated rings. The third-order valence-electron chi connectivity index (χ3n) is 4.47. The van der Waals surface area contributed by atoms with E-state index in [1.807, 2.05) is 26.8 Å². The lowest BCUT2D eigenvalue weighted by Crippen LogP contribution is -2.42. The number of carbonyl (C=O) groups is 2. The summed E-state index contributed by atoms with van der Waals surface area (Å²) >= 11 is 0. The molecule has 1 aliphatic heterocycles. The Balaban J connectivity index is 1.58. The second-order valence-electron chi connectivity index (χ2n) is 7.80. The van der Waals surface area contributed by atoms with E-state index >= 15 is 0 Å². The molecule has 0 spiro atoms. The average molecular weight is 359 g/mol. The highest BCUT2D eigenvalue weighted by molar-refractivity contribution is 5.94. The largest absolute Gasteiger partial charge is 0.449 e. The van der Waals surface area contributed by atoms with Crippen LogP contribution in [0.5, 0.6) is 0 Å². The number of piperidine rings is 1. The summed E-state index contributed by atoms with van der Waals surface area (Å²) in [6.07, 6.45) is 4.04. The molecule has 3 heterocycles. The summed E-state index contributed by atoms with van der Waals surface area (Å²) in [7, 11) is 0. The fraction of sp³-hybridized carbons (Fsp3) is 0.526. The van der Waals surface area contributed by atoms with Gasteiger partial charge in [-0.05, 0) is 58.1 Å². The maximum Gasteiger partial charge on any atom is 0.410 e. The summed E-state index contributed by atoms with van der Waals surface area (Å²) in [5.41, 5.74) is 6.28. The molecule has 0 unspecified atom stereocenters. The summed E-state index contributed by atoms with van der Waals surface area (Å²) in [5, 5.41) is 0.829. The van der Waals surface area contributed by atoms with E-state index in [1.165, 1.54) is 0 Å². The molecule has 3 rings (SSSR count). The van der Waals surface area contributed by atoms with E-state index < -0.39 is 11.5 Å². The summed E-state index contributed by atoms with van der Waals surface area (Å²) in [6.45, 7) is 7.01. The molecule has 2 aromatic heterocycles. The number of furan rings is 1. The maximum atomic E-state index is 12.1. The van der Waals surface area contributed by atoms with Gasteiger partial charge in [-0.1, -0.05) is 0 Å². The number of rotatable bonds is 3. The topological polar surface area (TPSA) is 98.7 Å². The second kappa shape index (κ2) is 6.97. The summed E-state index contributed by atoms with van der Waals surface area (Å²) < 4.78 is 10.8. The quantitative estimate of drug-likeness (QED) is 0.908. The maximum absolute atomic E-state index is 12.1. The van der Waals surface area contributed by atoms with Gasteiger partial charge in [0.2, 0.25) is 0 Å². The molecule has 0 aromatic carbocycles. The highest BCUT2D eigenvalue weighted by atomic mass is 16.6. The van der Waals surface area contributed by atoms with Crippen molar-refractivity contribution in [2.24, 2.45) is 11.7 Å². The lowest BCUT2D eigenvalue weighted by Gasteiger charge is -2.33. The predicted molar refractivity (Wildman–Crippen MR) is 96.8 cm³/mol. The third-order valence-corrected chi connectivity index (χ3v) is 4.47. The standard InChI is InChI=1S/C19H25N3O4/c1-19(2,3)26-18(24)22-6-4-12(5-7-22)8-14-9-13-10-15(17(20)23)25-16(13)11-21-14/h9-12H,4-8H2,1-3H3,(H2,20,23). The first-order valence-electron chi connectivity index (χ1n) is 8.87. The summed E-state index contributed by atoms with van der Waals surface area (Å²) in [6, 6.07) is 3.58. The first-order chi connectivity index (χ1) is 12.2. The highest BCUT2D eigenvalue weighted by Gasteiger charge is 2.27. The molecule has 2 amide bonds. The molecule has 7 heteroatoms. The van der Waals surface area contributed by atoms with Crippen molar-refractivity contribution in [3.05, 3.63) is 29.8 Å². The minimum atomic E-state index is -0.586. The molecule has 0 atom stereocenters. The van der Waals surface area contributed by atoms with Crippen molar-refractivity contribution in [2.45, 2.75) is 45.6 Å². The summed E-state index contributed by atoms with van der Waals surface area (Å²) in [5.74, 6) is 0.0167. The number of pyridine rings is 1. The van der Waals surface area contributed by atoms with E-state index in [0.717, 1.165) is 30.3 Å². The first kappa shape index (κ1) is 18.2. The van der Waals surface area contributed by atoms with Gasteiger partial charge in [0.15, 0.2) is 11.3 Å². The van der Waals surface area contributed by atoms with Gasteiger partial charge in [0, 0.05) is 24.2 Å². The lowest BCUT2D eigenvalue weighted by atomic mass is 9.92. The number of hydrogen-bond acceptors (Lipinski definition) is 5. The van der Waals surface area contributed by atoms with Gasteiger partial charge < -0.3 is 19.8 Å². The summed E-state index contributed by atoms with van der Waals surface area (Å²) in [4.78, 5) is 29.5. The number of aromatic nitrogens is 1. The van der Waals surface area contributed by atoms with E-state index in [2.05, 4.69) is 4.98 Å². The van der Waals surface area contributed by atoms with Gasteiger partial charge >= 0.3 is 6.09 Å². The fourth-order valence-electron chi connectivity index (χ4n) is 3.17. The van der Waals surface area contributed by atoms with Gasteiger partial charge in [0.25, 0.3) is 5.91 Å². The van der Waals surface area contributed by atoms with Crippen LogP contribution >= 0.6 is 0 Å². The third kappa shape index (κ3) is 4.33. The van der Waals surface area contributed by atoms with Crippen molar-refractivity contribution in [2.75, 3.05) is 13.1 Å². The Morgan fingerprint density at radius 2 is 2.00 bits per heavy atom. The normalized spacial score (nSPS) is 16.0. The molecule has 2 N–H and O–H groups in total. The van der Waals surface area contributed by atoms with Gasteiger partial charge in [-0.2, -0.15) is 0 Å². The molecule has 26 heavy (non-hydrogen) atoms. The van der Waals surface area contributed by atoms with Crippen LogP contribution in [0, 0.1) is 5.92 Å². The number of likely N-dealkylation sites (tertiary alicyclic amines) is 1. The molecular weight excluding hydrogens is 334 g/mol. The van der Waals surface area contributed by atoms with Crippen molar-refractivity contribution in [3.8, 4) is 0 Å². The highest BCUT2D eigenvalue weighted by Crippen LogP contribution is 2.25. The van der Waals surface area contributed by atoms with Crippen LogP contribution in [0.2, 0.25) is 0 Å². The number of hydrogen-bond donors (Lipinski definition) is 1. The van der Waals surface area contributed by atoms with Gasteiger partial charge in [0.05, 0.1) is 6.20 Å². The van der Waals surface area contributed by atoms with Gasteiger partial charge in [0.1, 0.15) is 5.60 Å². The van der Waals surface area contributed by atoms with Gasteiger partial charge in [-0.15, -0.1) is 0 Å². The Kier molecular flexibility index (Phi) is 4.89. The number of fused-ring (bicyclic) bond motifs is 1. The van der Waals surface area contributed by atoms with Crippen LogP contribution in [-0.2, 0) is 11.2 Å². The monoisotopic (exact) mass is 359 g/mol. The molecule has 2 aromatic rings. The molecule has 1 saturated heterocycles. The van der Waals surface area contributed by atoms with Crippen molar-refractivity contribution in [1.82, 2.24) is 9.88 Å². The zero-order valence-corrected chi connectivity index (χ0v) is 15.4. The van der Waals surface area contributed by atoms with Crippen molar-refractivity contribution in [1.29, 1.82) is 0 Å². The van der Waals surface area contributed by atoms with E-state index in [4.69, 9.17) is 14.9 Å². The lowest BCUT2D eigenvalue weighted by molar-refractivity contribution is 0.0184. The smallest absolute Gasteiger partial charge is 0.410 e. The molecular formula is C19H25N3O4. The molecule has 0 bridgehead atoms. The number of primary amides is 1. The van der Waals surface area contributed by atoms with Crippen LogP contribution < -0.4 is 5.73 Å². The number of amides is 2.